The highest BCUT2D eigenvalue weighted by atomic mass is 79.9. The van der Waals surface area contributed by atoms with E-state index in [-0.39, 0.29) is 6.10 Å². The van der Waals surface area contributed by atoms with Gasteiger partial charge in [0.2, 0.25) is 0 Å². The third-order valence-electron chi connectivity index (χ3n) is 2.01. The SMILES string of the molecule is CC[C@H](OCOC)c1ccccc1Br. The molecular weight excluding hydrogens is 244 g/mol. The molecular formula is C11H15BrO2. The van der Waals surface area contributed by atoms with Gasteiger partial charge >= 0.3 is 0 Å². The second-order valence-corrected chi connectivity index (χ2v) is 3.85. The zero-order valence-electron chi connectivity index (χ0n) is 8.50. The van der Waals surface area contributed by atoms with Gasteiger partial charge in [-0.3, -0.25) is 0 Å². The first-order valence-electron chi connectivity index (χ1n) is 4.64. The predicted octanol–water partition coefficient (Wildman–Crippen LogP) is 3.52. The number of benzene rings is 1. The lowest BCUT2D eigenvalue weighted by atomic mass is 10.1. The molecule has 0 unspecified atom stereocenters. The summed E-state index contributed by atoms with van der Waals surface area (Å²) in [7, 11) is 1.63. The molecule has 0 aliphatic carbocycles. The van der Waals surface area contributed by atoms with E-state index < -0.39 is 0 Å². The second kappa shape index (κ2) is 6.17. The first-order valence-corrected chi connectivity index (χ1v) is 5.43. The molecule has 0 amide bonds. The lowest BCUT2D eigenvalue weighted by molar-refractivity contribution is -0.0745. The van der Waals surface area contributed by atoms with Gasteiger partial charge in [-0.15, -0.1) is 0 Å². The maximum Gasteiger partial charge on any atom is 0.147 e. The monoisotopic (exact) mass is 258 g/mol. The highest BCUT2D eigenvalue weighted by molar-refractivity contribution is 9.10. The van der Waals surface area contributed by atoms with Crippen molar-refractivity contribution in [2.24, 2.45) is 0 Å². The molecule has 0 aromatic heterocycles. The van der Waals surface area contributed by atoms with E-state index in [9.17, 15) is 0 Å². The maximum atomic E-state index is 5.56. The van der Waals surface area contributed by atoms with Gasteiger partial charge in [-0.1, -0.05) is 41.1 Å². The Bertz CT molecular complexity index is 276. The number of methoxy groups -OCH3 is 1. The summed E-state index contributed by atoms with van der Waals surface area (Å²) in [6, 6.07) is 8.09. The van der Waals surface area contributed by atoms with Crippen LogP contribution in [0.25, 0.3) is 0 Å². The van der Waals surface area contributed by atoms with Crippen LogP contribution < -0.4 is 0 Å². The van der Waals surface area contributed by atoms with Crippen LogP contribution in [0.3, 0.4) is 0 Å². The first kappa shape index (κ1) is 11.7. The number of hydrogen-bond acceptors (Lipinski definition) is 2. The summed E-state index contributed by atoms with van der Waals surface area (Å²) < 4.78 is 11.5. The van der Waals surface area contributed by atoms with Gasteiger partial charge in [0.1, 0.15) is 6.79 Å². The van der Waals surface area contributed by atoms with Crippen molar-refractivity contribution in [1.82, 2.24) is 0 Å². The van der Waals surface area contributed by atoms with E-state index in [0.717, 1.165) is 10.9 Å². The third-order valence-corrected chi connectivity index (χ3v) is 2.73. The fourth-order valence-electron chi connectivity index (χ4n) is 1.31. The Hall–Kier alpha value is -0.380. The fraction of sp³-hybridized carbons (Fsp3) is 0.455. The van der Waals surface area contributed by atoms with Gasteiger partial charge in [-0.25, -0.2) is 0 Å². The van der Waals surface area contributed by atoms with E-state index in [2.05, 4.69) is 28.9 Å². The summed E-state index contributed by atoms with van der Waals surface area (Å²) >= 11 is 3.51. The molecule has 1 rings (SSSR count). The smallest absolute Gasteiger partial charge is 0.147 e. The van der Waals surface area contributed by atoms with Crippen molar-refractivity contribution < 1.29 is 9.47 Å². The molecule has 0 aliphatic rings. The van der Waals surface area contributed by atoms with Crippen LogP contribution in [-0.2, 0) is 9.47 Å². The minimum Gasteiger partial charge on any atom is -0.359 e. The highest BCUT2D eigenvalue weighted by Crippen LogP contribution is 2.27. The second-order valence-electron chi connectivity index (χ2n) is 2.99. The Morgan fingerprint density at radius 3 is 2.64 bits per heavy atom. The molecule has 0 N–H and O–H groups in total. The fourth-order valence-corrected chi connectivity index (χ4v) is 1.85. The molecule has 3 heteroatoms. The van der Waals surface area contributed by atoms with Gasteiger partial charge in [0.25, 0.3) is 0 Å². The van der Waals surface area contributed by atoms with Gasteiger partial charge in [0.15, 0.2) is 0 Å². The van der Waals surface area contributed by atoms with Gasteiger partial charge in [0.05, 0.1) is 6.10 Å². The van der Waals surface area contributed by atoms with Crippen LogP contribution in [0, 0.1) is 0 Å². The van der Waals surface area contributed by atoms with Crippen molar-refractivity contribution in [3.8, 4) is 0 Å². The molecule has 0 heterocycles. The lowest BCUT2D eigenvalue weighted by Crippen LogP contribution is -2.06. The molecule has 1 atom stereocenters. The van der Waals surface area contributed by atoms with E-state index >= 15 is 0 Å². The van der Waals surface area contributed by atoms with Crippen molar-refractivity contribution in [1.29, 1.82) is 0 Å². The summed E-state index contributed by atoms with van der Waals surface area (Å²) in [5.74, 6) is 0. The van der Waals surface area contributed by atoms with Crippen LogP contribution in [0.5, 0.6) is 0 Å². The standard InChI is InChI=1S/C11H15BrO2/c1-3-11(14-8-13-2)9-6-4-5-7-10(9)12/h4-7,11H,3,8H2,1-2H3/t11-/m0/s1. The molecule has 2 nitrogen and oxygen atoms in total. The molecule has 0 saturated carbocycles. The third kappa shape index (κ3) is 3.08. The Balaban J connectivity index is 2.73. The summed E-state index contributed by atoms with van der Waals surface area (Å²) in [4.78, 5) is 0. The van der Waals surface area contributed by atoms with E-state index in [1.54, 1.807) is 7.11 Å². The van der Waals surface area contributed by atoms with Gasteiger partial charge < -0.3 is 9.47 Å². The number of halogens is 1. The molecule has 1 aromatic carbocycles. The van der Waals surface area contributed by atoms with Crippen molar-refractivity contribution in [2.45, 2.75) is 19.4 Å². The zero-order chi connectivity index (χ0) is 10.4. The van der Waals surface area contributed by atoms with Crippen LogP contribution in [0.4, 0.5) is 0 Å². The molecule has 0 fully saturated rings. The Labute approximate surface area is 93.4 Å². The van der Waals surface area contributed by atoms with E-state index in [1.807, 2.05) is 18.2 Å². The first-order chi connectivity index (χ1) is 6.79. The molecule has 0 spiro atoms. The average molecular weight is 259 g/mol. The molecule has 0 bridgehead atoms. The minimum atomic E-state index is 0.102. The van der Waals surface area contributed by atoms with Gasteiger partial charge in [0, 0.05) is 11.6 Å². The quantitative estimate of drug-likeness (QED) is 0.753. The van der Waals surface area contributed by atoms with Gasteiger partial charge in [-0.2, -0.15) is 0 Å². The number of rotatable bonds is 5. The Kier molecular flexibility index (Phi) is 5.15. The maximum absolute atomic E-state index is 5.56. The number of hydrogen-bond donors (Lipinski definition) is 0. The van der Waals surface area contributed by atoms with Crippen molar-refractivity contribution in [3.63, 3.8) is 0 Å². The summed E-state index contributed by atoms with van der Waals surface area (Å²) in [5.41, 5.74) is 1.17. The highest BCUT2D eigenvalue weighted by Gasteiger charge is 2.11. The zero-order valence-corrected chi connectivity index (χ0v) is 10.1. The van der Waals surface area contributed by atoms with Crippen LogP contribution >= 0.6 is 15.9 Å². The molecule has 0 radical (unpaired) electrons. The topological polar surface area (TPSA) is 18.5 Å². The van der Waals surface area contributed by atoms with Gasteiger partial charge in [-0.05, 0) is 18.1 Å². The molecule has 14 heavy (non-hydrogen) atoms. The Morgan fingerprint density at radius 2 is 2.07 bits per heavy atom. The molecule has 0 aliphatic heterocycles. The van der Waals surface area contributed by atoms with Crippen LogP contribution in [0.15, 0.2) is 28.7 Å². The average Bonchev–Trinajstić information content (AvgIpc) is 2.21. The Morgan fingerprint density at radius 1 is 1.36 bits per heavy atom. The van der Waals surface area contributed by atoms with Crippen molar-refractivity contribution >= 4 is 15.9 Å². The molecule has 78 valence electrons. The summed E-state index contributed by atoms with van der Waals surface area (Å²) in [6.07, 6.45) is 1.04. The van der Waals surface area contributed by atoms with Crippen LogP contribution in [0.2, 0.25) is 0 Å². The van der Waals surface area contributed by atoms with Crippen LogP contribution in [0.1, 0.15) is 25.0 Å². The molecule has 1 aromatic rings. The van der Waals surface area contributed by atoms with E-state index in [4.69, 9.17) is 9.47 Å². The lowest BCUT2D eigenvalue weighted by Gasteiger charge is -2.17. The largest absolute Gasteiger partial charge is 0.359 e. The normalized spacial score (nSPS) is 12.8. The van der Waals surface area contributed by atoms with E-state index in [1.165, 1.54) is 5.56 Å². The van der Waals surface area contributed by atoms with Crippen LogP contribution in [-0.4, -0.2) is 13.9 Å². The predicted molar refractivity (Wildman–Crippen MR) is 60.1 cm³/mol. The summed E-state index contributed by atoms with van der Waals surface area (Å²) in [5, 5.41) is 0. The van der Waals surface area contributed by atoms with Crippen molar-refractivity contribution in [3.05, 3.63) is 34.3 Å². The van der Waals surface area contributed by atoms with Crippen molar-refractivity contribution in [2.75, 3.05) is 13.9 Å². The van der Waals surface area contributed by atoms with E-state index in [0.29, 0.717) is 6.79 Å². The summed E-state index contributed by atoms with van der Waals surface area (Å²) in [6.45, 7) is 2.43. The number of ether oxygens (including phenoxy) is 2. The minimum absolute atomic E-state index is 0.102. The molecule has 0 saturated heterocycles.